The van der Waals surface area contributed by atoms with Crippen LogP contribution in [0.4, 0.5) is 11.4 Å². The van der Waals surface area contributed by atoms with Gasteiger partial charge in [0.2, 0.25) is 0 Å². The minimum atomic E-state index is -0.249. The molecule has 0 spiro atoms. The van der Waals surface area contributed by atoms with Crippen molar-refractivity contribution in [2.24, 2.45) is 0 Å². The Balaban J connectivity index is 1.85. The van der Waals surface area contributed by atoms with Crippen molar-refractivity contribution in [2.75, 3.05) is 44.5 Å². The molecular weight excluding hydrogens is 394 g/mol. The number of rotatable bonds is 7. The molecule has 0 aromatic heterocycles. The Hall–Kier alpha value is -3.06. The molecule has 1 aliphatic rings. The van der Waals surface area contributed by atoms with Gasteiger partial charge in [-0.25, -0.2) is 0 Å². The Kier molecular flexibility index (Phi) is 7.52. The maximum absolute atomic E-state index is 12.8. The lowest BCUT2D eigenvalue weighted by molar-refractivity contribution is -0.896. The highest BCUT2D eigenvalue weighted by Gasteiger charge is 2.22. The summed E-state index contributed by atoms with van der Waals surface area (Å²) in [6, 6.07) is 9.06. The molecule has 166 valence electrons. The zero-order valence-electron chi connectivity index (χ0n) is 18.8. The van der Waals surface area contributed by atoms with Crippen molar-refractivity contribution in [3.63, 3.8) is 0 Å². The van der Waals surface area contributed by atoms with Crippen LogP contribution in [0.15, 0.2) is 30.3 Å². The lowest BCUT2D eigenvalue weighted by Crippen LogP contribution is -3.13. The van der Waals surface area contributed by atoms with Crippen LogP contribution in [-0.4, -0.2) is 45.7 Å². The third-order valence-corrected chi connectivity index (χ3v) is 5.64. The number of quaternary nitrogens is 1. The summed E-state index contributed by atoms with van der Waals surface area (Å²) in [5, 5.41) is 5.89. The van der Waals surface area contributed by atoms with Crippen LogP contribution in [0.1, 0.15) is 40.7 Å². The summed E-state index contributed by atoms with van der Waals surface area (Å²) in [4.78, 5) is 26.8. The van der Waals surface area contributed by atoms with E-state index in [9.17, 15) is 9.59 Å². The fraction of sp³-hybridized carbons (Fsp3) is 0.417. The number of piperidine rings is 1. The molecule has 31 heavy (non-hydrogen) atoms. The maximum Gasteiger partial charge on any atom is 0.279 e. The molecule has 1 saturated heterocycles. The van der Waals surface area contributed by atoms with E-state index in [1.807, 2.05) is 32.0 Å². The predicted octanol–water partition coefficient (Wildman–Crippen LogP) is 2.58. The second-order valence-corrected chi connectivity index (χ2v) is 8.02. The van der Waals surface area contributed by atoms with Crippen LogP contribution in [0.2, 0.25) is 0 Å². The molecule has 2 aromatic carbocycles. The number of amides is 2. The van der Waals surface area contributed by atoms with Crippen molar-refractivity contribution in [1.29, 1.82) is 0 Å². The van der Waals surface area contributed by atoms with Crippen molar-refractivity contribution < 1.29 is 24.0 Å². The highest BCUT2D eigenvalue weighted by atomic mass is 16.5. The van der Waals surface area contributed by atoms with Crippen molar-refractivity contribution in [3.05, 3.63) is 47.0 Å². The maximum atomic E-state index is 12.8. The van der Waals surface area contributed by atoms with Crippen molar-refractivity contribution in [1.82, 2.24) is 0 Å². The van der Waals surface area contributed by atoms with Crippen LogP contribution in [0.25, 0.3) is 0 Å². The number of aryl methyl sites for hydroxylation is 1. The molecule has 0 unspecified atom stereocenters. The standard InChI is InChI=1S/C24H31N3O4/c1-16-9-8-10-18(13-16)24(29)26-20-14-19(22(30-3)17(2)23(20)31-4)25-21(28)15-27-11-6-5-7-12-27/h8-10,13-14H,5-7,11-12,15H2,1-4H3,(H,25,28)(H,26,29)/p+1. The van der Waals surface area contributed by atoms with Gasteiger partial charge in [0.15, 0.2) is 6.54 Å². The summed E-state index contributed by atoms with van der Waals surface area (Å²) in [6.45, 7) is 6.23. The van der Waals surface area contributed by atoms with Crippen LogP contribution in [0.5, 0.6) is 11.5 Å². The zero-order valence-corrected chi connectivity index (χ0v) is 18.8. The fourth-order valence-electron chi connectivity index (χ4n) is 4.13. The number of nitrogens with one attached hydrogen (secondary N) is 3. The van der Waals surface area contributed by atoms with Crippen LogP contribution < -0.4 is 25.0 Å². The van der Waals surface area contributed by atoms with E-state index in [0.717, 1.165) is 31.5 Å². The Morgan fingerprint density at radius 3 is 2.19 bits per heavy atom. The lowest BCUT2D eigenvalue weighted by atomic mass is 10.1. The molecule has 2 aromatic rings. The molecule has 1 aliphatic heterocycles. The molecular formula is C24H32N3O4+. The molecule has 0 atom stereocenters. The first-order valence-corrected chi connectivity index (χ1v) is 10.7. The van der Waals surface area contributed by atoms with Gasteiger partial charge in [-0.1, -0.05) is 17.7 Å². The molecule has 1 fully saturated rings. The highest BCUT2D eigenvalue weighted by molar-refractivity contribution is 6.06. The number of benzene rings is 2. The summed E-state index contributed by atoms with van der Waals surface area (Å²) in [7, 11) is 3.10. The van der Waals surface area contributed by atoms with E-state index in [4.69, 9.17) is 9.47 Å². The normalized spacial score (nSPS) is 14.1. The van der Waals surface area contributed by atoms with E-state index in [1.54, 1.807) is 26.4 Å². The van der Waals surface area contributed by atoms with Gasteiger partial charge in [0.25, 0.3) is 11.8 Å². The average molecular weight is 427 g/mol. The Labute approximate surface area is 183 Å². The van der Waals surface area contributed by atoms with Crippen molar-refractivity contribution >= 4 is 23.2 Å². The first kappa shape index (κ1) is 22.6. The summed E-state index contributed by atoms with van der Waals surface area (Å²) in [5.41, 5.74) is 3.25. The first-order valence-electron chi connectivity index (χ1n) is 10.7. The predicted molar refractivity (Wildman–Crippen MR) is 121 cm³/mol. The highest BCUT2D eigenvalue weighted by Crippen LogP contribution is 2.41. The van der Waals surface area contributed by atoms with Gasteiger partial charge < -0.3 is 25.0 Å². The minimum Gasteiger partial charge on any atom is -0.494 e. The zero-order chi connectivity index (χ0) is 22.4. The van der Waals surface area contributed by atoms with Crippen LogP contribution in [0.3, 0.4) is 0 Å². The summed E-state index contributed by atoms with van der Waals surface area (Å²) >= 11 is 0. The number of anilines is 2. The van der Waals surface area contributed by atoms with Gasteiger partial charge in [-0.05, 0) is 51.3 Å². The molecule has 1 heterocycles. The van der Waals surface area contributed by atoms with Crippen molar-refractivity contribution in [3.8, 4) is 11.5 Å². The van der Waals surface area contributed by atoms with E-state index in [1.165, 1.54) is 11.3 Å². The fourth-order valence-corrected chi connectivity index (χ4v) is 4.13. The summed E-state index contributed by atoms with van der Waals surface area (Å²) in [6.07, 6.45) is 3.55. The summed E-state index contributed by atoms with van der Waals surface area (Å²) in [5.74, 6) is 0.697. The second kappa shape index (κ2) is 10.3. The molecule has 7 nitrogen and oxygen atoms in total. The number of methoxy groups -OCH3 is 2. The summed E-state index contributed by atoms with van der Waals surface area (Å²) < 4.78 is 11.1. The number of carbonyl (C=O) groups is 2. The monoisotopic (exact) mass is 426 g/mol. The SMILES string of the molecule is COc1c(NC(=O)C[NH+]2CCCCC2)cc(NC(=O)c2cccc(C)c2)c(OC)c1C. The number of ether oxygens (including phenoxy) is 2. The first-order chi connectivity index (χ1) is 14.9. The van der Waals surface area contributed by atoms with E-state index in [2.05, 4.69) is 10.6 Å². The molecule has 0 bridgehead atoms. The van der Waals surface area contributed by atoms with Crippen LogP contribution in [0, 0.1) is 13.8 Å². The minimum absolute atomic E-state index is 0.0734. The van der Waals surface area contributed by atoms with E-state index in [-0.39, 0.29) is 11.8 Å². The third-order valence-electron chi connectivity index (χ3n) is 5.64. The van der Waals surface area contributed by atoms with Gasteiger partial charge in [0.05, 0.1) is 38.7 Å². The number of likely N-dealkylation sites (tertiary alicyclic amines) is 1. The van der Waals surface area contributed by atoms with E-state index < -0.39 is 0 Å². The number of hydrogen-bond acceptors (Lipinski definition) is 4. The van der Waals surface area contributed by atoms with Crippen LogP contribution >= 0.6 is 0 Å². The van der Waals surface area contributed by atoms with Gasteiger partial charge >= 0.3 is 0 Å². The van der Waals surface area contributed by atoms with Gasteiger partial charge in [-0.3, -0.25) is 9.59 Å². The molecule has 3 rings (SSSR count). The molecule has 0 radical (unpaired) electrons. The smallest absolute Gasteiger partial charge is 0.279 e. The second-order valence-electron chi connectivity index (χ2n) is 8.02. The quantitative estimate of drug-likeness (QED) is 0.636. The Morgan fingerprint density at radius 2 is 1.58 bits per heavy atom. The van der Waals surface area contributed by atoms with Crippen molar-refractivity contribution in [2.45, 2.75) is 33.1 Å². The topological polar surface area (TPSA) is 81.1 Å². The molecule has 0 saturated carbocycles. The van der Waals surface area contributed by atoms with Crippen LogP contribution in [-0.2, 0) is 4.79 Å². The Bertz CT molecular complexity index is 952. The molecule has 7 heteroatoms. The average Bonchev–Trinajstić information content (AvgIpc) is 2.74. The van der Waals surface area contributed by atoms with Gasteiger partial charge in [-0.15, -0.1) is 0 Å². The largest absolute Gasteiger partial charge is 0.494 e. The van der Waals surface area contributed by atoms with E-state index in [0.29, 0.717) is 40.5 Å². The van der Waals surface area contributed by atoms with Gasteiger partial charge in [0, 0.05) is 11.1 Å². The Morgan fingerprint density at radius 1 is 0.935 bits per heavy atom. The van der Waals surface area contributed by atoms with E-state index >= 15 is 0 Å². The molecule has 0 aliphatic carbocycles. The number of hydrogen-bond donors (Lipinski definition) is 3. The lowest BCUT2D eigenvalue weighted by Gasteiger charge is -2.23. The molecule has 3 N–H and O–H groups in total. The molecule has 2 amide bonds. The van der Waals surface area contributed by atoms with Gasteiger partial charge in [0.1, 0.15) is 11.5 Å². The van der Waals surface area contributed by atoms with Gasteiger partial charge in [-0.2, -0.15) is 0 Å². The third kappa shape index (κ3) is 5.55. The number of carbonyl (C=O) groups excluding carboxylic acids is 2.